The van der Waals surface area contributed by atoms with Crippen molar-refractivity contribution in [3.05, 3.63) is 84.6 Å². The Hall–Kier alpha value is -3.51. The molecule has 6 heteroatoms. The van der Waals surface area contributed by atoms with Gasteiger partial charge < -0.3 is 9.73 Å². The van der Waals surface area contributed by atoms with E-state index in [0.29, 0.717) is 12.1 Å². The minimum atomic E-state index is -0.146. The maximum atomic E-state index is 13.1. The van der Waals surface area contributed by atoms with Crippen LogP contribution in [-0.4, -0.2) is 41.4 Å². The van der Waals surface area contributed by atoms with Gasteiger partial charge in [0.1, 0.15) is 5.76 Å². The molecule has 0 radical (unpaired) electrons. The van der Waals surface area contributed by atoms with Gasteiger partial charge >= 0.3 is 0 Å². The molecule has 0 fully saturated rings. The van der Waals surface area contributed by atoms with Crippen molar-refractivity contribution in [3.63, 3.8) is 0 Å². The van der Waals surface area contributed by atoms with E-state index in [2.05, 4.69) is 10.3 Å². The first kappa shape index (κ1) is 18.8. The van der Waals surface area contributed by atoms with Gasteiger partial charge in [-0.05, 0) is 50.5 Å². The summed E-state index contributed by atoms with van der Waals surface area (Å²) in [5.41, 5.74) is 2.95. The molecule has 29 heavy (non-hydrogen) atoms. The van der Waals surface area contributed by atoms with Crippen LogP contribution in [0.25, 0.3) is 22.2 Å². The molecule has 0 spiro atoms. The number of fused-ring (bicyclic) bond motifs is 1. The normalized spacial score (nSPS) is 12.2. The van der Waals surface area contributed by atoms with Crippen LogP contribution in [-0.2, 0) is 0 Å². The minimum Gasteiger partial charge on any atom is -0.468 e. The SMILES string of the molecule is CN(C)C(CNC(=O)c1cc(-c2cccnc2)nc2ccccc12)c1ccco1. The smallest absolute Gasteiger partial charge is 0.252 e. The van der Waals surface area contributed by atoms with Crippen molar-refractivity contribution < 1.29 is 9.21 Å². The van der Waals surface area contributed by atoms with Gasteiger partial charge in [-0.2, -0.15) is 0 Å². The Morgan fingerprint density at radius 3 is 2.72 bits per heavy atom. The number of aromatic nitrogens is 2. The van der Waals surface area contributed by atoms with Crippen molar-refractivity contribution >= 4 is 16.8 Å². The number of rotatable bonds is 6. The zero-order chi connectivity index (χ0) is 20.2. The molecule has 1 N–H and O–H groups in total. The van der Waals surface area contributed by atoms with Crippen LogP contribution >= 0.6 is 0 Å². The van der Waals surface area contributed by atoms with Crippen LogP contribution in [0.5, 0.6) is 0 Å². The fraction of sp³-hybridized carbons (Fsp3) is 0.174. The average Bonchev–Trinajstić information content (AvgIpc) is 3.28. The molecule has 3 aromatic heterocycles. The molecule has 4 aromatic rings. The van der Waals surface area contributed by atoms with E-state index in [1.54, 1.807) is 18.7 Å². The van der Waals surface area contributed by atoms with E-state index in [0.717, 1.165) is 27.9 Å². The number of carbonyl (C=O) groups excluding carboxylic acids is 1. The first-order chi connectivity index (χ1) is 14.1. The molecule has 0 saturated heterocycles. The number of hydrogen-bond acceptors (Lipinski definition) is 5. The number of amides is 1. The topological polar surface area (TPSA) is 71.3 Å². The maximum absolute atomic E-state index is 13.1. The molecule has 4 rings (SSSR count). The second-order valence-electron chi connectivity index (χ2n) is 7.02. The fourth-order valence-corrected chi connectivity index (χ4v) is 3.33. The quantitative estimate of drug-likeness (QED) is 0.544. The number of nitrogens with zero attached hydrogens (tertiary/aromatic N) is 3. The van der Waals surface area contributed by atoms with E-state index < -0.39 is 0 Å². The Bertz CT molecular complexity index is 1110. The van der Waals surface area contributed by atoms with Gasteiger partial charge in [0, 0.05) is 29.9 Å². The number of benzene rings is 1. The van der Waals surface area contributed by atoms with Gasteiger partial charge in [0.05, 0.1) is 29.1 Å². The molecule has 0 aliphatic rings. The Balaban J connectivity index is 1.66. The summed E-state index contributed by atoms with van der Waals surface area (Å²) in [7, 11) is 3.92. The third-order valence-electron chi connectivity index (χ3n) is 4.87. The highest BCUT2D eigenvalue weighted by molar-refractivity contribution is 6.07. The molecule has 0 saturated carbocycles. The molecule has 1 unspecified atom stereocenters. The standard InChI is InChI=1S/C23H22N4O2/c1-27(2)21(22-10-6-12-29-22)15-25-23(28)18-13-20(16-7-5-11-24-14-16)26-19-9-4-3-8-17(18)19/h3-14,21H,15H2,1-2H3,(H,25,28). The second-order valence-corrected chi connectivity index (χ2v) is 7.02. The summed E-state index contributed by atoms with van der Waals surface area (Å²) >= 11 is 0. The summed E-state index contributed by atoms with van der Waals surface area (Å²) in [6.45, 7) is 0.429. The Morgan fingerprint density at radius 2 is 2.00 bits per heavy atom. The number of nitrogens with one attached hydrogen (secondary N) is 1. The van der Waals surface area contributed by atoms with E-state index in [1.165, 1.54) is 0 Å². The summed E-state index contributed by atoms with van der Waals surface area (Å²) in [4.78, 5) is 24.0. The molecule has 1 atom stereocenters. The van der Waals surface area contributed by atoms with Gasteiger partial charge in [0.2, 0.25) is 0 Å². The lowest BCUT2D eigenvalue weighted by Gasteiger charge is -2.22. The molecule has 3 heterocycles. The van der Waals surface area contributed by atoms with E-state index in [9.17, 15) is 4.79 Å². The van der Waals surface area contributed by atoms with Crippen molar-refractivity contribution in [2.75, 3.05) is 20.6 Å². The molecule has 1 aromatic carbocycles. The Kier molecular flexibility index (Phi) is 5.35. The first-order valence-electron chi connectivity index (χ1n) is 9.41. The highest BCUT2D eigenvalue weighted by atomic mass is 16.3. The monoisotopic (exact) mass is 386 g/mol. The third-order valence-corrected chi connectivity index (χ3v) is 4.87. The highest BCUT2D eigenvalue weighted by Crippen LogP contribution is 2.25. The molecule has 0 aliphatic carbocycles. The van der Waals surface area contributed by atoms with Crippen LogP contribution < -0.4 is 5.32 Å². The molecule has 1 amide bonds. The van der Waals surface area contributed by atoms with Crippen LogP contribution in [0.1, 0.15) is 22.2 Å². The van der Waals surface area contributed by atoms with Gasteiger partial charge in [-0.3, -0.25) is 14.7 Å². The second kappa shape index (κ2) is 8.24. The van der Waals surface area contributed by atoms with Gasteiger partial charge in [-0.1, -0.05) is 18.2 Å². The number of hydrogen-bond donors (Lipinski definition) is 1. The summed E-state index contributed by atoms with van der Waals surface area (Å²) < 4.78 is 5.53. The minimum absolute atomic E-state index is 0.0557. The lowest BCUT2D eigenvalue weighted by Crippen LogP contribution is -2.34. The molecular formula is C23H22N4O2. The van der Waals surface area contributed by atoms with E-state index in [1.807, 2.05) is 73.6 Å². The van der Waals surface area contributed by atoms with Crippen molar-refractivity contribution in [1.29, 1.82) is 0 Å². The van der Waals surface area contributed by atoms with Gasteiger partial charge in [-0.15, -0.1) is 0 Å². The molecule has 0 aliphatic heterocycles. The predicted molar refractivity (Wildman–Crippen MR) is 112 cm³/mol. The van der Waals surface area contributed by atoms with E-state index in [-0.39, 0.29) is 11.9 Å². The highest BCUT2D eigenvalue weighted by Gasteiger charge is 2.20. The van der Waals surface area contributed by atoms with Gasteiger partial charge in [0.15, 0.2) is 0 Å². The summed E-state index contributed by atoms with van der Waals surface area (Å²) in [6.07, 6.45) is 5.11. The molecule has 6 nitrogen and oxygen atoms in total. The summed E-state index contributed by atoms with van der Waals surface area (Å²) in [6, 6.07) is 17.0. The largest absolute Gasteiger partial charge is 0.468 e. The van der Waals surface area contributed by atoms with Crippen LogP contribution in [0.15, 0.2) is 77.7 Å². The van der Waals surface area contributed by atoms with E-state index >= 15 is 0 Å². The van der Waals surface area contributed by atoms with Crippen molar-refractivity contribution in [2.24, 2.45) is 0 Å². The number of para-hydroxylation sites is 1. The van der Waals surface area contributed by atoms with Gasteiger partial charge in [0.25, 0.3) is 5.91 Å². The van der Waals surface area contributed by atoms with Crippen LogP contribution in [0.4, 0.5) is 0 Å². The van der Waals surface area contributed by atoms with Crippen LogP contribution in [0.3, 0.4) is 0 Å². The van der Waals surface area contributed by atoms with Crippen molar-refractivity contribution in [2.45, 2.75) is 6.04 Å². The van der Waals surface area contributed by atoms with Crippen molar-refractivity contribution in [3.8, 4) is 11.3 Å². The third kappa shape index (κ3) is 4.02. The number of pyridine rings is 2. The Labute approximate surface area is 169 Å². The zero-order valence-corrected chi connectivity index (χ0v) is 16.4. The maximum Gasteiger partial charge on any atom is 0.252 e. The Morgan fingerprint density at radius 1 is 1.14 bits per heavy atom. The fourth-order valence-electron chi connectivity index (χ4n) is 3.33. The molecule has 146 valence electrons. The summed E-state index contributed by atoms with van der Waals surface area (Å²) in [5, 5.41) is 3.87. The number of carbonyl (C=O) groups is 1. The lowest BCUT2D eigenvalue weighted by molar-refractivity contribution is 0.0940. The average molecular weight is 386 g/mol. The first-order valence-corrected chi connectivity index (χ1v) is 9.41. The molecular weight excluding hydrogens is 364 g/mol. The van der Waals surface area contributed by atoms with Crippen molar-refractivity contribution in [1.82, 2.24) is 20.2 Å². The van der Waals surface area contributed by atoms with E-state index in [4.69, 9.17) is 9.40 Å². The number of furan rings is 1. The summed E-state index contributed by atoms with van der Waals surface area (Å²) in [5.74, 6) is 0.665. The predicted octanol–water partition coefficient (Wildman–Crippen LogP) is 3.92. The molecule has 0 bridgehead atoms. The van der Waals surface area contributed by atoms with Crippen LogP contribution in [0.2, 0.25) is 0 Å². The zero-order valence-electron chi connectivity index (χ0n) is 16.4. The lowest BCUT2D eigenvalue weighted by atomic mass is 10.0. The van der Waals surface area contributed by atoms with Gasteiger partial charge in [-0.25, -0.2) is 4.98 Å². The van der Waals surface area contributed by atoms with Crippen LogP contribution in [0, 0.1) is 0 Å². The number of likely N-dealkylation sites (N-methyl/N-ethyl adjacent to an activating group) is 1.